The summed E-state index contributed by atoms with van der Waals surface area (Å²) >= 11 is 1.04. The summed E-state index contributed by atoms with van der Waals surface area (Å²) < 4.78 is 84.0. The molecule has 2 aliphatic heterocycles. The molecular formula is C32H39F3N8O2S2. The third-order valence-corrected chi connectivity index (χ3v) is 11.5. The second-order valence-corrected chi connectivity index (χ2v) is 15.5. The third kappa shape index (κ3) is 7.57. The van der Waals surface area contributed by atoms with E-state index in [1.54, 1.807) is 13.0 Å². The van der Waals surface area contributed by atoms with Crippen LogP contribution in [-0.2, 0) is 29.5 Å². The number of aryl methyl sites for hydroxylation is 1. The number of aromatic nitrogens is 3. The number of hydrogen-bond acceptors (Lipinski definition) is 9. The number of alkyl halides is 3. The van der Waals surface area contributed by atoms with Gasteiger partial charge in [0.2, 0.25) is 10.0 Å². The van der Waals surface area contributed by atoms with E-state index in [4.69, 9.17) is 0 Å². The highest BCUT2D eigenvalue weighted by molar-refractivity contribution is 7.88. The number of nitrogens with one attached hydrogen (secondary N) is 1. The van der Waals surface area contributed by atoms with Gasteiger partial charge in [-0.1, -0.05) is 6.07 Å². The van der Waals surface area contributed by atoms with Gasteiger partial charge in [-0.3, -0.25) is 9.80 Å². The average molecular weight is 691 g/mol. The van der Waals surface area contributed by atoms with Crippen LogP contribution in [0.25, 0.3) is 21.1 Å². The number of rotatable bonds is 9. The van der Waals surface area contributed by atoms with Crippen LogP contribution < -0.4 is 5.32 Å². The topological polar surface area (TPSA) is 110 Å². The fourth-order valence-electron chi connectivity index (χ4n) is 6.53. The lowest BCUT2D eigenvalue weighted by atomic mass is 10.0. The van der Waals surface area contributed by atoms with E-state index < -0.39 is 35.2 Å². The van der Waals surface area contributed by atoms with E-state index in [1.165, 1.54) is 27.5 Å². The van der Waals surface area contributed by atoms with E-state index in [2.05, 4.69) is 26.3 Å². The predicted molar refractivity (Wildman–Crippen MR) is 178 cm³/mol. The van der Waals surface area contributed by atoms with Gasteiger partial charge >= 0.3 is 6.18 Å². The molecule has 47 heavy (non-hydrogen) atoms. The number of likely N-dealkylation sites (tertiary alicyclic amines) is 1. The number of piperidine rings is 1. The summed E-state index contributed by atoms with van der Waals surface area (Å²) in [5.41, 5.74) is 2.92. The van der Waals surface area contributed by atoms with Crippen molar-refractivity contribution in [2.45, 2.75) is 64.4 Å². The zero-order chi connectivity index (χ0) is 35.3. The van der Waals surface area contributed by atoms with Crippen LogP contribution in [0.1, 0.15) is 44.2 Å². The van der Waals surface area contributed by atoms with Crippen molar-refractivity contribution in [1.82, 2.24) is 28.6 Å². The van der Waals surface area contributed by atoms with E-state index in [9.17, 15) is 29.6 Å². The average Bonchev–Trinajstić information content (AvgIpc) is 3.64. The van der Waals surface area contributed by atoms with Crippen LogP contribution in [0, 0.1) is 18.3 Å². The Morgan fingerprint density at radius 2 is 1.85 bits per heavy atom. The van der Waals surface area contributed by atoms with Crippen molar-refractivity contribution < 1.29 is 24.3 Å². The SMILES string of the molecule is [2H]C([2H])(C(C)N1CCN(S(C)(=O)=O)CC1)n1c(C#N)cc2c(C)c(CN3CCC(Nc4ncnc5sc(CC(F)(F)F)cc45)CC3)ccc21. The Kier molecular flexibility index (Phi) is 8.78. The number of piperazine rings is 1. The van der Waals surface area contributed by atoms with Crippen LogP contribution in [0.15, 0.2) is 30.6 Å². The van der Waals surface area contributed by atoms with Crippen molar-refractivity contribution in [2.24, 2.45) is 0 Å². The van der Waals surface area contributed by atoms with E-state index in [0.29, 0.717) is 41.2 Å². The fraction of sp³-hybridized carbons (Fsp3) is 0.531. The maximum Gasteiger partial charge on any atom is 0.393 e. The lowest BCUT2D eigenvalue weighted by Crippen LogP contribution is -2.51. The zero-order valence-corrected chi connectivity index (χ0v) is 28.1. The van der Waals surface area contributed by atoms with Gasteiger partial charge in [-0.25, -0.2) is 18.4 Å². The van der Waals surface area contributed by atoms with Crippen molar-refractivity contribution in [2.75, 3.05) is 50.8 Å². The molecule has 0 saturated carbocycles. The number of fused-ring (bicyclic) bond motifs is 2. The van der Waals surface area contributed by atoms with Crippen LogP contribution >= 0.6 is 11.3 Å². The summed E-state index contributed by atoms with van der Waals surface area (Å²) in [5.74, 6) is 0.553. The van der Waals surface area contributed by atoms with Gasteiger partial charge in [0.15, 0.2) is 0 Å². The molecule has 2 saturated heterocycles. The Balaban J connectivity index is 1.13. The maximum atomic E-state index is 13.0. The van der Waals surface area contributed by atoms with Crippen LogP contribution in [0.5, 0.6) is 0 Å². The van der Waals surface area contributed by atoms with Crippen LogP contribution in [0.2, 0.25) is 0 Å². The summed E-state index contributed by atoms with van der Waals surface area (Å²) in [4.78, 5) is 13.5. The van der Waals surface area contributed by atoms with E-state index in [0.717, 1.165) is 53.8 Å². The van der Waals surface area contributed by atoms with E-state index in [-0.39, 0.29) is 29.7 Å². The number of benzene rings is 1. The van der Waals surface area contributed by atoms with Gasteiger partial charge in [0, 0.05) is 80.2 Å². The number of anilines is 1. The molecule has 3 aromatic heterocycles. The Morgan fingerprint density at radius 3 is 2.51 bits per heavy atom. The normalized spacial score (nSPS) is 19.5. The maximum absolute atomic E-state index is 13.0. The summed E-state index contributed by atoms with van der Waals surface area (Å²) in [7, 11) is -3.32. The molecule has 2 aliphatic rings. The molecule has 0 spiro atoms. The predicted octanol–water partition coefficient (Wildman–Crippen LogP) is 4.97. The second kappa shape index (κ2) is 13.3. The molecule has 1 aromatic carbocycles. The lowest BCUT2D eigenvalue weighted by Gasteiger charge is -2.37. The molecular weight excluding hydrogens is 650 g/mol. The molecule has 0 aliphatic carbocycles. The molecule has 2 fully saturated rings. The Hall–Kier alpha value is -3.29. The molecule has 0 bridgehead atoms. The molecule has 1 unspecified atom stereocenters. The molecule has 5 heterocycles. The molecule has 1 atom stereocenters. The van der Waals surface area contributed by atoms with Crippen LogP contribution in [0.3, 0.4) is 0 Å². The van der Waals surface area contributed by atoms with Gasteiger partial charge in [-0.2, -0.15) is 22.7 Å². The van der Waals surface area contributed by atoms with Crippen molar-refractivity contribution in [3.05, 3.63) is 52.3 Å². The number of hydrogen-bond donors (Lipinski definition) is 1. The van der Waals surface area contributed by atoms with E-state index >= 15 is 0 Å². The van der Waals surface area contributed by atoms with Gasteiger partial charge in [-0.05, 0) is 56.0 Å². The first-order valence-electron chi connectivity index (χ1n) is 16.6. The van der Waals surface area contributed by atoms with Gasteiger partial charge in [-0.15, -0.1) is 11.3 Å². The summed E-state index contributed by atoms with van der Waals surface area (Å²) in [5, 5.41) is 14.9. The fourth-order valence-corrected chi connectivity index (χ4v) is 8.38. The first kappa shape index (κ1) is 31.0. The minimum atomic E-state index is -4.28. The summed E-state index contributed by atoms with van der Waals surface area (Å²) in [6, 6.07) is 8.84. The summed E-state index contributed by atoms with van der Waals surface area (Å²) in [6.45, 7) is 5.47. The standard InChI is InChI=1S/C32H39F3N8O2S2/c1-21(41-10-12-42(13-11-41)47(3,44)45)18-43-25(17-36)14-27-22(2)23(4-5-29(27)43)19-40-8-6-24(7-9-40)39-30-28-15-26(16-32(33,34)35)46-31(28)38-20-37-30/h4-5,14-15,20-21,24H,6-13,16,18-19H2,1-3H3,(H,37,38,39)/i18D2. The highest BCUT2D eigenvalue weighted by Crippen LogP contribution is 2.33. The van der Waals surface area contributed by atoms with Gasteiger partial charge < -0.3 is 9.88 Å². The van der Waals surface area contributed by atoms with Crippen LogP contribution in [0.4, 0.5) is 19.0 Å². The molecule has 15 heteroatoms. The van der Waals surface area contributed by atoms with Crippen molar-refractivity contribution >= 4 is 48.3 Å². The molecule has 0 amide bonds. The van der Waals surface area contributed by atoms with Gasteiger partial charge in [0.1, 0.15) is 28.7 Å². The largest absolute Gasteiger partial charge is 0.393 e. The number of nitrogens with zero attached hydrogens (tertiary/aromatic N) is 7. The molecule has 1 N–H and O–H groups in total. The minimum Gasteiger partial charge on any atom is -0.367 e. The summed E-state index contributed by atoms with van der Waals surface area (Å²) in [6.07, 6.45) is -1.08. The Labute approximate surface area is 279 Å². The zero-order valence-electron chi connectivity index (χ0n) is 28.5. The van der Waals surface area contributed by atoms with Crippen molar-refractivity contribution in [3.63, 3.8) is 0 Å². The lowest BCUT2D eigenvalue weighted by molar-refractivity contribution is -0.126. The number of thiophene rings is 1. The number of sulfonamides is 1. The number of nitriles is 1. The third-order valence-electron chi connectivity index (χ3n) is 9.16. The second-order valence-electron chi connectivity index (χ2n) is 12.4. The number of halogens is 3. The molecule has 6 rings (SSSR count). The first-order chi connectivity index (χ1) is 23.0. The molecule has 252 valence electrons. The van der Waals surface area contributed by atoms with Crippen molar-refractivity contribution in [1.29, 1.82) is 5.26 Å². The first-order valence-corrected chi connectivity index (χ1v) is 18.2. The Bertz CT molecular complexity index is 1990. The quantitative estimate of drug-likeness (QED) is 0.262. The van der Waals surface area contributed by atoms with Gasteiger partial charge in [0.05, 0.1) is 20.8 Å². The molecule has 10 nitrogen and oxygen atoms in total. The highest BCUT2D eigenvalue weighted by atomic mass is 32.2. The Morgan fingerprint density at radius 1 is 1.13 bits per heavy atom. The molecule has 4 aromatic rings. The van der Waals surface area contributed by atoms with Crippen LogP contribution in [-0.4, -0.2) is 101 Å². The van der Waals surface area contributed by atoms with Gasteiger partial charge in [0.25, 0.3) is 0 Å². The van der Waals surface area contributed by atoms with E-state index in [1.807, 2.05) is 24.0 Å². The smallest absolute Gasteiger partial charge is 0.367 e. The molecule has 0 radical (unpaired) electrons. The minimum absolute atomic E-state index is 0.106. The van der Waals surface area contributed by atoms with Crippen molar-refractivity contribution in [3.8, 4) is 6.07 Å². The highest BCUT2D eigenvalue weighted by Gasteiger charge is 2.30. The monoisotopic (exact) mass is 690 g/mol.